The van der Waals surface area contributed by atoms with Gasteiger partial charge in [0.05, 0.1) is 18.0 Å². The summed E-state index contributed by atoms with van der Waals surface area (Å²) in [5.74, 6) is 0. The van der Waals surface area contributed by atoms with Crippen molar-refractivity contribution in [2.75, 3.05) is 0 Å². The summed E-state index contributed by atoms with van der Waals surface area (Å²) in [4.78, 5) is 31.0. The van der Waals surface area contributed by atoms with E-state index in [1.54, 1.807) is 19.9 Å². The first-order valence-corrected chi connectivity index (χ1v) is 7.33. The van der Waals surface area contributed by atoms with Gasteiger partial charge in [-0.15, -0.1) is 0 Å². The van der Waals surface area contributed by atoms with Crippen LogP contribution in [0.15, 0.2) is 46.0 Å². The third-order valence-electron chi connectivity index (χ3n) is 3.83. The van der Waals surface area contributed by atoms with Crippen LogP contribution >= 0.6 is 0 Å². The maximum absolute atomic E-state index is 12.2. The summed E-state index contributed by atoms with van der Waals surface area (Å²) >= 11 is 0. The van der Waals surface area contributed by atoms with Gasteiger partial charge in [-0.05, 0) is 25.5 Å². The lowest BCUT2D eigenvalue weighted by Gasteiger charge is -2.13. The third-order valence-corrected chi connectivity index (χ3v) is 3.83. The quantitative estimate of drug-likeness (QED) is 0.767. The van der Waals surface area contributed by atoms with Crippen molar-refractivity contribution in [3.8, 4) is 0 Å². The lowest BCUT2D eigenvalue weighted by molar-refractivity contribution is 0.198. The fraction of sp³-hybridized carbons (Fsp3) is 0.235. The smallest absolute Gasteiger partial charge is 0.330 e. The fourth-order valence-corrected chi connectivity index (χ4v) is 2.64. The molecule has 6 heteroatoms. The Morgan fingerprint density at radius 3 is 2.61 bits per heavy atom. The van der Waals surface area contributed by atoms with Crippen molar-refractivity contribution in [1.29, 1.82) is 0 Å². The molecule has 2 aromatic heterocycles. The van der Waals surface area contributed by atoms with Crippen LogP contribution in [0.25, 0.3) is 11.0 Å². The molecular weight excluding hydrogens is 294 g/mol. The minimum absolute atomic E-state index is 0.294. The van der Waals surface area contributed by atoms with Crippen molar-refractivity contribution in [3.63, 3.8) is 0 Å². The van der Waals surface area contributed by atoms with Crippen molar-refractivity contribution in [2.45, 2.75) is 26.5 Å². The van der Waals surface area contributed by atoms with E-state index in [4.69, 9.17) is 0 Å². The summed E-state index contributed by atoms with van der Waals surface area (Å²) in [6.45, 7) is 3.68. The Hall–Kier alpha value is -2.73. The van der Waals surface area contributed by atoms with Crippen LogP contribution in [-0.2, 0) is 6.54 Å². The third kappa shape index (κ3) is 2.80. The first kappa shape index (κ1) is 15.2. The first-order valence-electron chi connectivity index (χ1n) is 7.33. The maximum atomic E-state index is 12.2. The number of hydrogen-bond acceptors (Lipinski definition) is 4. The largest absolute Gasteiger partial charge is 0.389 e. The van der Waals surface area contributed by atoms with E-state index in [1.807, 2.05) is 30.3 Å². The molecule has 0 amide bonds. The topological polar surface area (TPSA) is 88.0 Å². The molecule has 1 atom stereocenters. The van der Waals surface area contributed by atoms with Crippen LogP contribution in [-0.4, -0.2) is 19.6 Å². The number of aromatic amines is 1. The molecule has 1 unspecified atom stereocenters. The molecule has 3 aromatic rings. The summed E-state index contributed by atoms with van der Waals surface area (Å²) < 4.78 is 1.44. The molecule has 6 nitrogen and oxygen atoms in total. The molecule has 3 rings (SSSR count). The molecule has 2 N–H and O–H groups in total. The highest BCUT2D eigenvalue weighted by Gasteiger charge is 2.14. The highest BCUT2D eigenvalue weighted by molar-refractivity contribution is 5.75. The lowest BCUT2D eigenvalue weighted by Crippen LogP contribution is -2.31. The molecule has 0 fully saturated rings. The predicted octanol–water partition coefficient (Wildman–Crippen LogP) is 1.49. The molecule has 0 spiro atoms. The average molecular weight is 311 g/mol. The number of aromatic nitrogens is 3. The second-order valence-corrected chi connectivity index (χ2v) is 5.54. The van der Waals surface area contributed by atoms with E-state index in [2.05, 4.69) is 9.97 Å². The van der Waals surface area contributed by atoms with E-state index in [-0.39, 0.29) is 0 Å². The fourth-order valence-electron chi connectivity index (χ4n) is 2.64. The maximum Gasteiger partial charge on any atom is 0.330 e. The molecule has 0 saturated heterocycles. The monoisotopic (exact) mass is 311 g/mol. The number of aliphatic hydroxyl groups is 1. The number of aryl methyl sites for hydroxylation is 1. The predicted molar refractivity (Wildman–Crippen MR) is 87.5 cm³/mol. The van der Waals surface area contributed by atoms with Crippen molar-refractivity contribution in [3.05, 3.63) is 74.1 Å². The molecule has 0 aliphatic heterocycles. The van der Waals surface area contributed by atoms with Gasteiger partial charge in [0.2, 0.25) is 0 Å². The summed E-state index contributed by atoms with van der Waals surface area (Å²) in [6.07, 6.45) is -0.735. The second-order valence-electron chi connectivity index (χ2n) is 5.54. The Morgan fingerprint density at radius 2 is 1.96 bits per heavy atom. The van der Waals surface area contributed by atoms with Crippen molar-refractivity contribution in [1.82, 2.24) is 14.5 Å². The number of nitrogens with zero attached hydrogens (tertiary/aromatic N) is 2. The first-order chi connectivity index (χ1) is 11.0. The molecule has 0 aliphatic rings. The molecule has 2 heterocycles. The van der Waals surface area contributed by atoms with Gasteiger partial charge < -0.3 is 5.11 Å². The molecule has 0 radical (unpaired) electrons. The summed E-state index contributed by atoms with van der Waals surface area (Å²) in [7, 11) is 0. The molecule has 118 valence electrons. The van der Waals surface area contributed by atoms with Gasteiger partial charge in [-0.25, -0.2) is 9.78 Å². The molecular formula is C17H17N3O3. The number of fused-ring (bicyclic) bond motifs is 1. The van der Waals surface area contributed by atoms with E-state index in [1.165, 1.54) is 4.57 Å². The molecule has 23 heavy (non-hydrogen) atoms. The van der Waals surface area contributed by atoms with Crippen LogP contribution in [0.2, 0.25) is 0 Å². The van der Waals surface area contributed by atoms with E-state index < -0.39 is 17.4 Å². The zero-order valence-corrected chi connectivity index (χ0v) is 12.9. The molecule has 0 bridgehead atoms. The number of rotatable bonds is 3. The SMILES string of the molecule is Cc1nc2c(cc1C(C)O)c(=O)[nH]c(=O)n2Cc1ccccc1. The number of hydrogen-bond donors (Lipinski definition) is 2. The van der Waals surface area contributed by atoms with Crippen LogP contribution in [0.5, 0.6) is 0 Å². The number of pyridine rings is 1. The normalized spacial score (nSPS) is 12.5. The van der Waals surface area contributed by atoms with E-state index in [9.17, 15) is 14.7 Å². The van der Waals surface area contributed by atoms with Gasteiger partial charge in [-0.3, -0.25) is 14.3 Å². The molecule has 0 aliphatic carbocycles. The van der Waals surface area contributed by atoms with E-state index in [0.29, 0.717) is 28.8 Å². The second kappa shape index (κ2) is 5.81. The Bertz CT molecular complexity index is 972. The molecule has 0 saturated carbocycles. The lowest BCUT2D eigenvalue weighted by atomic mass is 10.1. The Morgan fingerprint density at radius 1 is 1.26 bits per heavy atom. The van der Waals surface area contributed by atoms with Crippen LogP contribution in [0.1, 0.15) is 29.8 Å². The summed E-state index contributed by atoms with van der Waals surface area (Å²) in [5, 5.41) is 10.1. The Kier molecular flexibility index (Phi) is 3.83. The number of H-pyrrole nitrogens is 1. The Balaban J connectivity index is 2.28. The van der Waals surface area contributed by atoms with Gasteiger partial charge in [-0.2, -0.15) is 0 Å². The number of benzene rings is 1. The number of nitrogens with one attached hydrogen (secondary N) is 1. The summed E-state index contributed by atoms with van der Waals surface area (Å²) in [6, 6.07) is 11.1. The van der Waals surface area contributed by atoms with Crippen molar-refractivity contribution < 1.29 is 5.11 Å². The van der Waals surface area contributed by atoms with Gasteiger partial charge in [0.15, 0.2) is 0 Å². The van der Waals surface area contributed by atoms with Gasteiger partial charge in [-0.1, -0.05) is 30.3 Å². The van der Waals surface area contributed by atoms with Crippen LogP contribution < -0.4 is 11.2 Å². The van der Waals surface area contributed by atoms with Crippen LogP contribution in [0.3, 0.4) is 0 Å². The van der Waals surface area contributed by atoms with Gasteiger partial charge >= 0.3 is 5.69 Å². The molecule has 1 aromatic carbocycles. The Labute approximate surface area is 132 Å². The van der Waals surface area contributed by atoms with Gasteiger partial charge in [0, 0.05) is 11.3 Å². The highest BCUT2D eigenvalue weighted by atomic mass is 16.3. The highest BCUT2D eigenvalue weighted by Crippen LogP contribution is 2.19. The zero-order valence-electron chi connectivity index (χ0n) is 12.9. The van der Waals surface area contributed by atoms with Crippen molar-refractivity contribution in [2.24, 2.45) is 0 Å². The number of aliphatic hydroxyl groups excluding tert-OH is 1. The minimum Gasteiger partial charge on any atom is -0.389 e. The van der Waals surface area contributed by atoms with Crippen LogP contribution in [0, 0.1) is 6.92 Å². The van der Waals surface area contributed by atoms with E-state index in [0.717, 1.165) is 5.56 Å². The van der Waals surface area contributed by atoms with Gasteiger partial charge in [0.25, 0.3) is 5.56 Å². The zero-order chi connectivity index (χ0) is 16.6. The average Bonchev–Trinajstić information content (AvgIpc) is 2.51. The van der Waals surface area contributed by atoms with Gasteiger partial charge in [0.1, 0.15) is 5.65 Å². The van der Waals surface area contributed by atoms with Crippen molar-refractivity contribution >= 4 is 11.0 Å². The summed E-state index contributed by atoms with van der Waals surface area (Å²) in [5.41, 5.74) is 1.44. The minimum atomic E-state index is -0.735. The van der Waals surface area contributed by atoms with Crippen LogP contribution in [0.4, 0.5) is 0 Å². The van der Waals surface area contributed by atoms with E-state index >= 15 is 0 Å². The standard InChI is InChI=1S/C17H17N3O3/c1-10-13(11(2)21)8-14-15(18-10)20(17(23)19-16(14)22)9-12-6-4-3-5-7-12/h3-8,11,21H,9H2,1-2H3,(H,19,22,23).